The van der Waals surface area contributed by atoms with Gasteiger partial charge in [-0.15, -0.1) is 0 Å². The van der Waals surface area contributed by atoms with E-state index in [9.17, 15) is 4.79 Å². The van der Waals surface area contributed by atoms with Crippen LogP contribution in [0.2, 0.25) is 0 Å². The number of nitrogens with one attached hydrogen (secondary N) is 1. The zero-order chi connectivity index (χ0) is 17.9. The lowest BCUT2D eigenvalue weighted by atomic mass is 10.1. The quantitative estimate of drug-likeness (QED) is 0.587. The standard InChI is InChI=1S/C18H14N4O4/c1-11-13(10-19-25-11)18(23)20-14-6-3-2-5-12(14)9-16-21-17(22-26-16)15-7-4-8-24-15/h2-8,10H,9H2,1H3,(H,20,23). The molecule has 0 fully saturated rings. The van der Waals surface area contributed by atoms with Crippen LogP contribution >= 0.6 is 0 Å². The van der Waals surface area contributed by atoms with Crippen LogP contribution < -0.4 is 5.32 Å². The number of anilines is 1. The first-order valence-corrected chi connectivity index (χ1v) is 7.87. The molecule has 0 spiro atoms. The Morgan fingerprint density at radius 3 is 2.81 bits per heavy atom. The Morgan fingerprint density at radius 2 is 2.04 bits per heavy atom. The van der Waals surface area contributed by atoms with E-state index in [4.69, 9.17) is 13.5 Å². The van der Waals surface area contributed by atoms with Crippen molar-refractivity contribution < 1.29 is 18.3 Å². The molecule has 26 heavy (non-hydrogen) atoms. The number of rotatable bonds is 5. The Hall–Kier alpha value is -3.68. The number of carbonyl (C=O) groups excluding carboxylic acids is 1. The lowest BCUT2D eigenvalue weighted by Crippen LogP contribution is -2.13. The Bertz CT molecular complexity index is 1030. The topological polar surface area (TPSA) is 107 Å². The molecule has 8 heteroatoms. The van der Waals surface area contributed by atoms with Gasteiger partial charge in [0.25, 0.3) is 5.91 Å². The number of furan rings is 1. The van der Waals surface area contributed by atoms with Crippen molar-refractivity contribution in [3.8, 4) is 11.6 Å². The smallest absolute Gasteiger partial charge is 0.260 e. The van der Waals surface area contributed by atoms with E-state index in [-0.39, 0.29) is 5.91 Å². The van der Waals surface area contributed by atoms with Crippen molar-refractivity contribution in [2.45, 2.75) is 13.3 Å². The number of nitrogens with zero attached hydrogens (tertiary/aromatic N) is 3. The van der Waals surface area contributed by atoms with E-state index in [0.29, 0.717) is 40.9 Å². The lowest BCUT2D eigenvalue weighted by Gasteiger charge is -2.09. The average molecular weight is 350 g/mol. The molecule has 0 unspecified atom stereocenters. The maximum Gasteiger partial charge on any atom is 0.260 e. The maximum absolute atomic E-state index is 12.4. The molecule has 0 atom stereocenters. The molecular formula is C18H14N4O4. The van der Waals surface area contributed by atoms with Gasteiger partial charge in [-0.3, -0.25) is 4.79 Å². The van der Waals surface area contributed by atoms with Crippen molar-refractivity contribution in [1.29, 1.82) is 0 Å². The third kappa shape index (κ3) is 3.12. The fourth-order valence-electron chi connectivity index (χ4n) is 2.50. The molecule has 0 aliphatic heterocycles. The van der Waals surface area contributed by atoms with E-state index < -0.39 is 0 Å². The predicted octanol–water partition coefficient (Wildman–Crippen LogP) is 3.47. The van der Waals surface area contributed by atoms with E-state index in [2.05, 4.69) is 20.6 Å². The number of hydrogen-bond donors (Lipinski definition) is 1. The first-order chi connectivity index (χ1) is 12.7. The molecule has 0 bridgehead atoms. The van der Waals surface area contributed by atoms with Crippen LogP contribution in [0.25, 0.3) is 11.6 Å². The average Bonchev–Trinajstić information content (AvgIpc) is 3.37. The molecule has 0 aliphatic carbocycles. The van der Waals surface area contributed by atoms with Crippen molar-refractivity contribution in [2.75, 3.05) is 5.32 Å². The van der Waals surface area contributed by atoms with E-state index >= 15 is 0 Å². The Morgan fingerprint density at radius 1 is 1.15 bits per heavy atom. The summed E-state index contributed by atoms with van der Waals surface area (Å²) in [7, 11) is 0. The van der Waals surface area contributed by atoms with Crippen molar-refractivity contribution in [2.24, 2.45) is 0 Å². The number of aromatic nitrogens is 3. The van der Waals surface area contributed by atoms with Gasteiger partial charge >= 0.3 is 0 Å². The second-order valence-corrected chi connectivity index (χ2v) is 5.57. The van der Waals surface area contributed by atoms with Gasteiger partial charge in [0.2, 0.25) is 11.7 Å². The van der Waals surface area contributed by atoms with Gasteiger partial charge in [-0.2, -0.15) is 4.98 Å². The minimum atomic E-state index is -0.294. The van der Waals surface area contributed by atoms with Crippen LogP contribution in [0.15, 0.2) is 62.3 Å². The molecule has 1 N–H and O–H groups in total. The zero-order valence-corrected chi connectivity index (χ0v) is 13.8. The summed E-state index contributed by atoms with van der Waals surface area (Å²) < 4.78 is 15.5. The highest BCUT2D eigenvalue weighted by atomic mass is 16.5. The molecule has 0 radical (unpaired) electrons. The fraction of sp³-hybridized carbons (Fsp3) is 0.111. The molecule has 4 aromatic rings. The van der Waals surface area contributed by atoms with Gasteiger partial charge in [-0.1, -0.05) is 28.5 Å². The van der Waals surface area contributed by atoms with Crippen LogP contribution in [0.3, 0.4) is 0 Å². The summed E-state index contributed by atoms with van der Waals surface area (Å²) in [6, 6.07) is 10.9. The van der Waals surface area contributed by atoms with Crippen molar-refractivity contribution in [1.82, 2.24) is 15.3 Å². The lowest BCUT2D eigenvalue weighted by molar-refractivity contribution is 0.102. The van der Waals surface area contributed by atoms with Gasteiger partial charge in [-0.25, -0.2) is 0 Å². The third-order valence-electron chi connectivity index (χ3n) is 3.81. The first kappa shape index (κ1) is 15.8. The molecule has 130 valence electrons. The molecule has 8 nitrogen and oxygen atoms in total. The molecule has 0 saturated carbocycles. The summed E-state index contributed by atoms with van der Waals surface area (Å²) in [5.74, 6) is 1.49. The number of benzene rings is 1. The SMILES string of the molecule is Cc1oncc1C(=O)Nc1ccccc1Cc1nc(-c2ccco2)no1. The van der Waals surface area contributed by atoms with Gasteiger partial charge in [0.15, 0.2) is 5.76 Å². The number of hydrogen-bond acceptors (Lipinski definition) is 7. The van der Waals surface area contributed by atoms with Gasteiger partial charge < -0.3 is 18.8 Å². The van der Waals surface area contributed by atoms with Gasteiger partial charge in [0.1, 0.15) is 11.3 Å². The zero-order valence-electron chi connectivity index (χ0n) is 13.8. The second kappa shape index (κ2) is 6.67. The third-order valence-corrected chi connectivity index (χ3v) is 3.81. The second-order valence-electron chi connectivity index (χ2n) is 5.57. The molecular weight excluding hydrogens is 336 g/mol. The number of aryl methyl sites for hydroxylation is 1. The van der Waals surface area contributed by atoms with Gasteiger partial charge in [0, 0.05) is 5.69 Å². The Labute approximate surface area is 147 Å². The van der Waals surface area contributed by atoms with Crippen molar-refractivity contribution in [3.05, 3.63) is 71.6 Å². The van der Waals surface area contributed by atoms with Crippen LogP contribution in [-0.2, 0) is 6.42 Å². The monoisotopic (exact) mass is 350 g/mol. The number of carbonyl (C=O) groups is 1. The van der Waals surface area contributed by atoms with E-state index in [0.717, 1.165) is 5.56 Å². The predicted molar refractivity (Wildman–Crippen MR) is 90.4 cm³/mol. The van der Waals surface area contributed by atoms with Crippen LogP contribution in [-0.4, -0.2) is 21.2 Å². The van der Waals surface area contributed by atoms with E-state index in [1.165, 1.54) is 6.20 Å². The Balaban J connectivity index is 1.55. The minimum absolute atomic E-state index is 0.294. The highest BCUT2D eigenvalue weighted by Crippen LogP contribution is 2.22. The van der Waals surface area contributed by atoms with Crippen LogP contribution in [0, 0.1) is 6.92 Å². The molecule has 3 heterocycles. The largest absolute Gasteiger partial charge is 0.461 e. The van der Waals surface area contributed by atoms with Crippen LogP contribution in [0.1, 0.15) is 27.6 Å². The number of amides is 1. The van der Waals surface area contributed by atoms with Gasteiger partial charge in [0.05, 0.1) is 18.9 Å². The summed E-state index contributed by atoms with van der Waals surface area (Å²) in [6.45, 7) is 1.68. The fourth-order valence-corrected chi connectivity index (χ4v) is 2.50. The summed E-state index contributed by atoms with van der Waals surface area (Å²) in [5.41, 5.74) is 1.87. The molecule has 4 rings (SSSR count). The van der Waals surface area contributed by atoms with Crippen molar-refractivity contribution >= 4 is 11.6 Å². The molecule has 1 amide bonds. The van der Waals surface area contributed by atoms with Crippen LogP contribution in [0.5, 0.6) is 0 Å². The van der Waals surface area contributed by atoms with E-state index in [1.807, 2.05) is 18.2 Å². The summed E-state index contributed by atoms with van der Waals surface area (Å²) >= 11 is 0. The first-order valence-electron chi connectivity index (χ1n) is 7.87. The summed E-state index contributed by atoms with van der Waals surface area (Å²) in [5, 5.41) is 10.4. The maximum atomic E-state index is 12.4. The number of para-hydroxylation sites is 1. The highest BCUT2D eigenvalue weighted by molar-refractivity contribution is 6.05. The minimum Gasteiger partial charge on any atom is -0.461 e. The summed E-state index contributed by atoms with van der Waals surface area (Å²) in [6.07, 6.45) is 3.30. The normalized spacial score (nSPS) is 10.8. The van der Waals surface area contributed by atoms with Crippen molar-refractivity contribution in [3.63, 3.8) is 0 Å². The summed E-state index contributed by atoms with van der Waals surface area (Å²) in [4.78, 5) is 16.7. The highest BCUT2D eigenvalue weighted by Gasteiger charge is 2.16. The molecule has 0 aliphatic rings. The molecule has 1 aromatic carbocycles. The van der Waals surface area contributed by atoms with E-state index in [1.54, 1.807) is 31.4 Å². The Kier molecular flexibility index (Phi) is 4.06. The van der Waals surface area contributed by atoms with Crippen LogP contribution in [0.4, 0.5) is 5.69 Å². The van der Waals surface area contributed by atoms with Gasteiger partial charge in [-0.05, 0) is 30.7 Å². The molecule has 0 saturated heterocycles. The molecule has 3 aromatic heterocycles.